The van der Waals surface area contributed by atoms with Crippen LogP contribution >= 0.6 is 0 Å². The van der Waals surface area contributed by atoms with E-state index in [0.717, 1.165) is 43.2 Å². The number of nitrogens with one attached hydrogen (secondary N) is 1. The quantitative estimate of drug-likeness (QED) is 0.123. The summed E-state index contributed by atoms with van der Waals surface area (Å²) in [5.41, 5.74) is 5.51. The van der Waals surface area contributed by atoms with Crippen molar-refractivity contribution in [2.24, 2.45) is 0 Å². The third-order valence-electron chi connectivity index (χ3n) is 10.4. The van der Waals surface area contributed by atoms with Gasteiger partial charge in [-0.25, -0.2) is 0 Å². The Balaban J connectivity index is 0.000000296. The Hall–Kier alpha value is -4.11. The van der Waals surface area contributed by atoms with Gasteiger partial charge in [0.25, 0.3) is 5.91 Å². The number of carbonyl (C=O) groups excluding carboxylic acids is 1. The minimum absolute atomic E-state index is 0.0265. The standard InChI is InChI=1S/C30H42N2O4.C17H26N2/c1-6-34-27-20-25(21-28(35-7-2)29(27)36-8-3)30(33)32(18-16-26-15-12-17-31(26)5)22-23(4)19-24-13-10-9-11-14-24;1-15(13-16-7-4-3-5-8-16)14-18-11-10-17-9-6-12-19(17)2/h9-11,13-14,19-21,26H,6-8,12,15-18,22H2,1-5H3;3-5,7-8,13,17-18H,6,9-12,14H2,1-2H3/b23-19+;15-13+. The van der Waals surface area contributed by atoms with E-state index in [4.69, 9.17) is 14.2 Å². The van der Waals surface area contributed by atoms with E-state index in [1.807, 2.05) is 43.9 Å². The molecule has 2 aliphatic rings. The van der Waals surface area contributed by atoms with Gasteiger partial charge < -0.3 is 34.2 Å². The molecule has 3 aromatic rings. The summed E-state index contributed by atoms with van der Waals surface area (Å²) in [6.07, 6.45) is 11.8. The van der Waals surface area contributed by atoms with Crippen LogP contribution < -0.4 is 19.5 Å². The largest absolute Gasteiger partial charge is 0.490 e. The fourth-order valence-electron chi connectivity index (χ4n) is 7.56. The van der Waals surface area contributed by atoms with E-state index in [1.54, 1.807) is 12.1 Å². The molecule has 2 saturated heterocycles. The maximum absolute atomic E-state index is 13.9. The first-order valence-corrected chi connectivity index (χ1v) is 20.6. The molecule has 0 aliphatic carbocycles. The Morgan fingerprint density at radius 3 is 1.75 bits per heavy atom. The number of ether oxygens (including phenoxy) is 3. The van der Waals surface area contributed by atoms with Crippen LogP contribution in [-0.2, 0) is 0 Å². The Morgan fingerprint density at radius 1 is 0.745 bits per heavy atom. The fraction of sp³-hybridized carbons (Fsp3) is 0.511. The Kier molecular flexibility index (Phi) is 18.8. The van der Waals surface area contributed by atoms with Gasteiger partial charge in [0.2, 0.25) is 5.75 Å². The van der Waals surface area contributed by atoms with Crippen molar-refractivity contribution in [2.75, 3.05) is 73.2 Å². The Bertz CT molecular complexity index is 1600. The Morgan fingerprint density at radius 2 is 1.25 bits per heavy atom. The molecule has 0 bridgehead atoms. The molecule has 0 saturated carbocycles. The van der Waals surface area contributed by atoms with Crippen molar-refractivity contribution >= 4 is 18.1 Å². The maximum atomic E-state index is 13.9. The van der Waals surface area contributed by atoms with Gasteiger partial charge in [-0.2, -0.15) is 0 Å². The first-order valence-electron chi connectivity index (χ1n) is 20.6. The molecule has 8 nitrogen and oxygen atoms in total. The van der Waals surface area contributed by atoms with E-state index < -0.39 is 0 Å². The molecule has 0 spiro atoms. The van der Waals surface area contributed by atoms with Crippen molar-refractivity contribution in [3.63, 3.8) is 0 Å². The highest BCUT2D eigenvalue weighted by Gasteiger charge is 2.26. The van der Waals surface area contributed by atoms with Crippen LogP contribution in [0.2, 0.25) is 0 Å². The van der Waals surface area contributed by atoms with Crippen molar-refractivity contribution in [2.45, 2.75) is 85.2 Å². The van der Waals surface area contributed by atoms with Gasteiger partial charge >= 0.3 is 0 Å². The third kappa shape index (κ3) is 14.5. The molecule has 55 heavy (non-hydrogen) atoms. The van der Waals surface area contributed by atoms with Crippen LogP contribution in [-0.4, -0.2) is 106 Å². The number of hydrogen-bond donors (Lipinski definition) is 1. The maximum Gasteiger partial charge on any atom is 0.254 e. The minimum atomic E-state index is -0.0265. The fourth-order valence-corrected chi connectivity index (χ4v) is 7.56. The first-order chi connectivity index (χ1) is 26.7. The lowest BCUT2D eigenvalue weighted by Crippen LogP contribution is -2.37. The van der Waals surface area contributed by atoms with Gasteiger partial charge in [-0.15, -0.1) is 0 Å². The average molecular weight is 753 g/mol. The van der Waals surface area contributed by atoms with Gasteiger partial charge in [-0.3, -0.25) is 4.79 Å². The summed E-state index contributed by atoms with van der Waals surface area (Å²) in [5, 5.41) is 3.56. The van der Waals surface area contributed by atoms with Gasteiger partial charge in [-0.1, -0.05) is 84.0 Å². The van der Waals surface area contributed by atoms with Gasteiger partial charge in [0.15, 0.2) is 11.5 Å². The van der Waals surface area contributed by atoms with Crippen molar-refractivity contribution in [1.82, 2.24) is 20.0 Å². The number of amides is 1. The zero-order valence-corrected chi connectivity index (χ0v) is 34.8. The average Bonchev–Trinajstić information content (AvgIpc) is 3.80. The molecular weight excluding hydrogens is 685 g/mol. The number of hydrogen-bond acceptors (Lipinski definition) is 7. The van der Waals surface area contributed by atoms with Crippen LogP contribution in [0.25, 0.3) is 12.2 Å². The summed E-state index contributed by atoms with van der Waals surface area (Å²) < 4.78 is 17.6. The second-order valence-corrected chi connectivity index (χ2v) is 14.9. The van der Waals surface area contributed by atoms with Gasteiger partial charge in [-0.05, 0) is 130 Å². The molecule has 1 amide bonds. The van der Waals surface area contributed by atoms with E-state index in [2.05, 4.69) is 97.7 Å². The van der Waals surface area contributed by atoms with Gasteiger partial charge in [0.05, 0.1) is 19.8 Å². The number of carbonyl (C=O) groups is 1. The van der Waals surface area contributed by atoms with Gasteiger partial charge in [0.1, 0.15) is 0 Å². The van der Waals surface area contributed by atoms with Crippen molar-refractivity contribution in [1.29, 1.82) is 0 Å². The molecule has 0 radical (unpaired) electrons. The van der Waals surface area contributed by atoms with E-state index >= 15 is 0 Å². The highest BCUT2D eigenvalue weighted by molar-refractivity contribution is 5.96. The lowest BCUT2D eigenvalue weighted by Gasteiger charge is -2.27. The molecule has 3 aromatic carbocycles. The highest BCUT2D eigenvalue weighted by Crippen LogP contribution is 2.39. The lowest BCUT2D eigenvalue weighted by atomic mass is 10.1. The number of benzene rings is 3. The minimum Gasteiger partial charge on any atom is -0.490 e. The Labute approximate surface area is 332 Å². The molecular formula is C47H68N4O4. The smallest absolute Gasteiger partial charge is 0.254 e. The summed E-state index contributed by atoms with van der Waals surface area (Å²) >= 11 is 0. The van der Waals surface area contributed by atoms with Crippen LogP contribution in [0.5, 0.6) is 17.2 Å². The molecule has 8 heteroatoms. The molecule has 2 heterocycles. The topological polar surface area (TPSA) is 66.5 Å². The van der Waals surface area contributed by atoms with Crippen molar-refractivity contribution < 1.29 is 19.0 Å². The van der Waals surface area contributed by atoms with E-state index in [-0.39, 0.29) is 5.91 Å². The molecule has 0 aromatic heterocycles. The predicted molar refractivity (Wildman–Crippen MR) is 229 cm³/mol. The molecule has 300 valence electrons. The highest BCUT2D eigenvalue weighted by atomic mass is 16.5. The summed E-state index contributed by atoms with van der Waals surface area (Å²) in [5.74, 6) is 1.61. The molecule has 2 aliphatic heterocycles. The first kappa shape index (κ1) is 43.6. The summed E-state index contributed by atoms with van der Waals surface area (Å²) in [7, 11) is 4.43. The van der Waals surface area contributed by atoms with E-state index in [1.165, 1.54) is 49.8 Å². The van der Waals surface area contributed by atoms with Crippen LogP contribution in [0.3, 0.4) is 0 Å². The molecule has 2 atom stereocenters. The monoisotopic (exact) mass is 753 g/mol. The molecule has 2 unspecified atom stereocenters. The molecule has 1 N–H and O–H groups in total. The lowest BCUT2D eigenvalue weighted by molar-refractivity contribution is 0.0756. The van der Waals surface area contributed by atoms with Gasteiger partial charge in [0, 0.05) is 37.3 Å². The van der Waals surface area contributed by atoms with Crippen molar-refractivity contribution in [3.05, 3.63) is 101 Å². The summed E-state index contributed by atoms with van der Waals surface area (Å²) in [4.78, 5) is 20.8. The van der Waals surface area contributed by atoms with E-state index in [0.29, 0.717) is 61.8 Å². The van der Waals surface area contributed by atoms with E-state index in [9.17, 15) is 4.79 Å². The second-order valence-electron chi connectivity index (χ2n) is 14.9. The predicted octanol–water partition coefficient (Wildman–Crippen LogP) is 9.08. The van der Waals surface area contributed by atoms with Crippen LogP contribution in [0.4, 0.5) is 0 Å². The second kappa shape index (κ2) is 23.7. The number of nitrogens with zero attached hydrogens (tertiary/aromatic N) is 3. The normalized spacial score (nSPS) is 17.8. The van der Waals surface area contributed by atoms with Crippen molar-refractivity contribution in [3.8, 4) is 17.2 Å². The van der Waals surface area contributed by atoms with Crippen LogP contribution in [0, 0.1) is 0 Å². The number of likely N-dealkylation sites (tertiary alicyclic amines) is 2. The summed E-state index contributed by atoms with van der Waals surface area (Å²) in [6.45, 7) is 17.2. The summed E-state index contributed by atoms with van der Waals surface area (Å²) in [6, 6.07) is 25.7. The number of rotatable bonds is 19. The SMILES string of the molecule is C/C(=C\c1ccccc1)CNCCC1CCCN1C.CCOc1cc(C(=O)N(CCC2CCCN2C)C/C(C)=C/c2ccccc2)cc(OCC)c1OCC. The molecule has 5 rings (SSSR count). The van der Waals surface area contributed by atoms with Crippen LogP contribution in [0.15, 0.2) is 83.9 Å². The zero-order valence-electron chi connectivity index (χ0n) is 34.8. The third-order valence-corrected chi connectivity index (χ3v) is 10.4. The zero-order chi connectivity index (χ0) is 39.4. The van der Waals surface area contributed by atoms with Crippen LogP contribution in [0.1, 0.15) is 94.6 Å². The molecule has 2 fully saturated rings.